The molecule has 0 atom stereocenters. The molecule has 140 valence electrons. The van der Waals surface area contributed by atoms with Crippen molar-refractivity contribution in [3.63, 3.8) is 0 Å². The van der Waals surface area contributed by atoms with Gasteiger partial charge in [0.05, 0.1) is 16.9 Å². The third-order valence-electron chi connectivity index (χ3n) is 4.02. The fourth-order valence-electron chi connectivity index (χ4n) is 2.69. The number of benzene rings is 2. The van der Waals surface area contributed by atoms with Gasteiger partial charge in [-0.3, -0.25) is 14.7 Å². The van der Waals surface area contributed by atoms with Gasteiger partial charge in [0, 0.05) is 22.3 Å². The van der Waals surface area contributed by atoms with Crippen molar-refractivity contribution in [1.82, 2.24) is 9.97 Å². The normalized spacial score (nSPS) is 11.0. The first kappa shape index (κ1) is 18.6. The lowest BCUT2D eigenvalue weighted by atomic mass is 10.2. The van der Waals surface area contributed by atoms with Gasteiger partial charge in [-0.25, -0.2) is 13.8 Å². The summed E-state index contributed by atoms with van der Waals surface area (Å²) in [7, 11) is 0. The Balaban J connectivity index is 1.79. The average molecular weight is 460 g/mol. The van der Waals surface area contributed by atoms with Crippen molar-refractivity contribution in [2.24, 2.45) is 0 Å². The van der Waals surface area contributed by atoms with Gasteiger partial charge in [0.25, 0.3) is 5.91 Å². The number of carbonyl (C=O) groups excluding carboxylic acids is 1. The van der Waals surface area contributed by atoms with E-state index in [0.29, 0.717) is 16.0 Å². The van der Waals surface area contributed by atoms with Crippen LogP contribution >= 0.6 is 27.3 Å². The summed E-state index contributed by atoms with van der Waals surface area (Å²) in [5, 5.41) is 0.276. The molecule has 0 N–H and O–H groups in total. The number of thiazole rings is 1. The molecular weight excluding hydrogens is 448 g/mol. The number of nitrogens with zero attached hydrogens (tertiary/aromatic N) is 3. The molecule has 2 aromatic heterocycles. The van der Waals surface area contributed by atoms with Crippen LogP contribution in [0.5, 0.6) is 0 Å². The van der Waals surface area contributed by atoms with E-state index in [0.717, 1.165) is 21.9 Å². The molecule has 4 rings (SSSR count). The monoisotopic (exact) mass is 459 g/mol. The van der Waals surface area contributed by atoms with E-state index in [1.807, 2.05) is 6.07 Å². The molecule has 2 aromatic carbocycles. The summed E-state index contributed by atoms with van der Waals surface area (Å²) in [5.41, 5.74) is 1.14. The first-order valence-electron chi connectivity index (χ1n) is 8.24. The Morgan fingerprint density at radius 1 is 1.11 bits per heavy atom. The molecule has 4 aromatic rings. The minimum absolute atomic E-state index is 0.0380. The van der Waals surface area contributed by atoms with E-state index >= 15 is 0 Å². The van der Waals surface area contributed by atoms with E-state index in [1.165, 1.54) is 11.0 Å². The maximum Gasteiger partial charge on any atom is 0.260 e. The molecular formula is C20H12BrF2N3OS. The van der Waals surface area contributed by atoms with Gasteiger partial charge in [-0.1, -0.05) is 33.3 Å². The topological polar surface area (TPSA) is 46.1 Å². The Bertz CT molecular complexity index is 1150. The lowest BCUT2D eigenvalue weighted by molar-refractivity contribution is 0.0985. The van der Waals surface area contributed by atoms with Crippen LogP contribution in [0.1, 0.15) is 16.1 Å². The molecule has 0 saturated heterocycles. The van der Waals surface area contributed by atoms with Crippen molar-refractivity contribution >= 4 is 48.5 Å². The lowest BCUT2D eigenvalue weighted by Gasteiger charge is -2.19. The standard InChI is InChI=1S/C20H12BrF2N3OS/c21-13-6-4-12(5-7-13)19(27)26(11-15-3-1-2-8-24-15)20-25-18-16(23)9-14(22)10-17(18)28-20/h1-10H,11H2. The molecule has 0 aliphatic carbocycles. The predicted molar refractivity (Wildman–Crippen MR) is 108 cm³/mol. The number of carbonyl (C=O) groups is 1. The number of aromatic nitrogens is 2. The summed E-state index contributed by atoms with van der Waals surface area (Å²) in [6, 6.07) is 14.3. The summed E-state index contributed by atoms with van der Waals surface area (Å²) in [4.78, 5) is 23.1. The Hall–Kier alpha value is -2.71. The zero-order chi connectivity index (χ0) is 19.7. The van der Waals surface area contributed by atoms with Crippen LogP contribution < -0.4 is 4.90 Å². The maximum absolute atomic E-state index is 14.1. The highest BCUT2D eigenvalue weighted by Crippen LogP contribution is 2.32. The first-order chi connectivity index (χ1) is 13.5. The summed E-state index contributed by atoms with van der Waals surface area (Å²) >= 11 is 4.40. The molecule has 28 heavy (non-hydrogen) atoms. The van der Waals surface area contributed by atoms with Crippen LogP contribution in [0.3, 0.4) is 0 Å². The highest BCUT2D eigenvalue weighted by atomic mass is 79.9. The summed E-state index contributed by atoms with van der Waals surface area (Å²) < 4.78 is 28.8. The van der Waals surface area contributed by atoms with E-state index in [9.17, 15) is 13.6 Å². The second kappa shape index (κ2) is 7.73. The second-order valence-electron chi connectivity index (χ2n) is 5.95. The van der Waals surface area contributed by atoms with Crippen LogP contribution in [0.25, 0.3) is 10.2 Å². The van der Waals surface area contributed by atoms with Gasteiger partial charge in [-0.05, 0) is 42.5 Å². The van der Waals surface area contributed by atoms with Crippen molar-refractivity contribution in [3.8, 4) is 0 Å². The maximum atomic E-state index is 14.1. The predicted octanol–water partition coefficient (Wildman–Crippen LogP) is 5.58. The van der Waals surface area contributed by atoms with E-state index in [-0.39, 0.29) is 23.1 Å². The van der Waals surface area contributed by atoms with Crippen LogP contribution in [-0.4, -0.2) is 15.9 Å². The lowest BCUT2D eigenvalue weighted by Crippen LogP contribution is -2.30. The molecule has 1 amide bonds. The van der Waals surface area contributed by atoms with Gasteiger partial charge < -0.3 is 0 Å². The molecule has 0 spiro atoms. The van der Waals surface area contributed by atoms with Gasteiger partial charge in [0.15, 0.2) is 10.9 Å². The molecule has 4 nitrogen and oxygen atoms in total. The van der Waals surface area contributed by atoms with Crippen molar-refractivity contribution in [1.29, 1.82) is 0 Å². The quantitative estimate of drug-likeness (QED) is 0.400. The molecule has 0 aliphatic heterocycles. The number of halogens is 3. The van der Waals surface area contributed by atoms with Gasteiger partial charge in [0.2, 0.25) is 0 Å². The summed E-state index contributed by atoms with van der Waals surface area (Å²) in [6.45, 7) is 0.152. The molecule has 0 unspecified atom stereocenters. The number of anilines is 1. The first-order valence-corrected chi connectivity index (χ1v) is 9.85. The Labute approximate surface area is 171 Å². The number of amides is 1. The van der Waals surface area contributed by atoms with Crippen LogP contribution in [-0.2, 0) is 6.54 Å². The summed E-state index contributed by atoms with van der Waals surface area (Å²) in [6.07, 6.45) is 1.63. The minimum atomic E-state index is -0.758. The van der Waals surface area contributed by atoms with Crippen molar-refractivity contribution in [3.05, 3.63) is 88.2 Å². The van der Waals surface area contributed by atoms with Crippen LogP contribution in [0.15, 0.2) is 65.3 Å². The zero-order valence-corrected chi connectivity index (χ0v) is 16.7. The van der Waals surface area contributed by atoms with Crippen molar-refractivity contribution in [2.75, 3.05) is 4.90 Å². The van der Waals surface area contributed by atoms with E-state index in [2.05, 4.69) is 25.9 Å². The molecule has 0 radical (unpaired) electrons. The van der Waals surface area contributed by atoms with Gasteiger partial charge in [0.1, 0.15) is 11.3 Å². The fourth-order valence-corrected chi connectivity index (χ4v) is 3.96. The number of hydrogen-bond donors (Lipinski definition) is 0. The van der Waals surface area contributed by atoms with Gasteiger partial charge in [-0.15, -0.1) is 0 Å². The highest BCUT2D eigenvalue weighted by Gasteiger charge is 2.23. The number of hydrogen-bond acceptors (Lipinski definition) is 4. The van der Waals surface area contributed by atoms with Crippen LogP contribution in [0.2, 0.25) is 0 Å². The molecule has 0 fully saturated rings. The minimum Gasteiger partial charge on any atom is -0.278 e. The molecule has 0 bridgehead atoms. The zero-order valence-electron chi connectivity index (χ0n) is 14.3. The van der Waals surface area contributed by atoms with Crippen LogP contribution in [0.4, 0.5) is 13.9 Å². The van der Waals surface area contributed by atoms with E-state index in [4.69, 9.17) is 0 Å². The molecule has 0 aliphatic rings. The van der Waals surface area contributed by atoms with Crippen LogP contribution in [0, 0.1) is 11.6 Å². The van der Waals surface area contributed by atoms with E-state index < -0.39 is 11.6 Å². The van der Waals surface area contributed by atoms with E-state index in [1.54, 1.807) is 42.6 Å². The number of rotatable bonds is 4. The number of fused-ring (bicyclic) bond motifs is 1. The third-order valence-corrected chi connectivity index (χ3v) is 5.57. The fraction of sp³-hybridized carbons (Fsp3) is 0.0500. The SMILES string of the molecule is O=C(c1ccc(Br)cc1)N(Cc1ccccn1)c1nc2c(F)cc(F)cc2s1. The molecule has 8 heteroatoms. The Morgan fingerprint density at radius 3 is 2.61 bits per heavy atom. The van der Waals surface area contributed by atoms with Crippen molar-refractivity contribution in [2.45, 2.75) is 6.54 Å². The Kier molecular flexibility index (Phi) is 5.15. The highest BCUT2D eigenvalue weighted by molar-refractivity contribution is 9.10. The molecule has 2 heterocycles. The number of pyridine rings is 1. The van der Waals surface area contributed by atoms with Gasteiger partial charge >= 0.3 is 0 Å². The second-order valence-corrected chi connectivity index (χ2v) is 7.87. The molecule has 0 saturated carbocycles. The van der Waals surface area contributed by atoms with Gasteiger partial charge in [-0.2, -0.15) is 0 Å². The van der Waals surface area contributed by atoms with Crippen molar-refractivity contribution < 1.29 is 13.6 Å². The Morgan fingerprint density at radius 2 is 1.89 bits per heavy atom. The smallest absolute Gasteiger partial charge is 0.260 e. The third kappa shape index (κ3) is 3.79. The summed E-state index contributed by atoms with van der Waals surface area (Å²) in [5.74, 6) is -1.75. The largest absolute Gasteiger partial charge is 0.278 e. The average Bonchev–Trinajstić information content (AvgIpc) is 3.11.